The number of rotatable bonds is 10. The van der Waals surface area contributed by atoms with Gasteiger partial charge in [-0.3, -0.25) is 9.59 Å². The fourth-order valence-electron chi connectivity index (χ4n) is 3.04. The maximum absolute atomic E-state index is 12.9. The lowest BCUT2D eigenvalue weighted by Crippen LogP contribution is -2.53. The molecule has 0 saturated carbocycles. The molecule has 0 fully saturated rings. The van der Waals surface area contributed by atoms with E-state index >= 15 is 0 Å². The smallest absolute Gasteiger partial charge is 0.326 e. The number of phenols is 2. The van der Waals surface area contributed by atoms with Crippen LogP contribution < -0.4 is 10.6 Å². The van der Waals surface area contributed by atoms with Crippen molar-refractivity contribution in [1.82, 2.24) is 10.6 Å². The van der Waals surface area contributed by atoms with Crippen molar-refractivity contribution in [3.05, 3.63) is 59.7 Å². The van der Waals surface area contributed by atoms with Crippen LogP contribution in [0.2, 0.25) is 0 Å². The Hall–Kier alpha value is -3.55. The zero-order valence-corrected chi connectivity index (χ0v) is 17.5. The van der Waals surface area contributed by atoms with Crippen molar-refractivity contribution < 1.29 is 29.7 Å². The summed E-state index contributed by atoms with van der Waals surface area (Å²) < 4.78 is 0. The summed E-state index contributed by atoms with van der Waals surface area (Å²) in [5.74, 6) is -1.90. The first-order chi connectivity index (χ1) is 14.6. The fourth-order valence-corrected chi connectivity index (χ4v) is 3.04. The molecule has 2 atom stereocenters. The molecule has 0 radical (unpaired) electrons. The van der Waals surface area contributed by atoms with Gasteiger partial charge in [-0.15, -0.1) is 0 Å². The van der Waals surface area contributed by atoms with Crippen LogP contribution in [0.5, 0.6) is 11.5 Å². The Bertz CT molecular complexity index is 893. The average Bonchev–Trinajstić information content (AvgIpc) is 2.69. The van der Waals surface area contributed by atoms with E-state index in [2.05, 4.69) is 10.6 Å². The Kier molecular flexibility index (Phi) is 8.43. The van der Waals surface area contributed by atoms with E-state index in [9.17, 15) is 29.7 Å². The summed E-state index contributed by atoms with van der Waals surface area (Å²) in [4.78, 5) is 36.9. The van der Waals surface area contributed by atoms with Gasteiger partial charge in [-0.05, 0) is 41.3 Å². The highest BCUT2D eigenvalue weighted by Gasteiger charge is 2.27. The lowest BCUT2D eigenvalue weighted by atomic mass is 10.0. The van der Waals surface area contributed by atoms with Crippen LogP contribution in [0.3, 0.4) is 0 Å². The number of aliphatic carboxylic acids is 1. The highest BCUT2D eigenvalue weighted by molar-refractivity contribution is 5.90. The van der Waals surface area contributed by atoms with Gasteiger partial charge >= 0.3 is 5.97 Å². The van der Waals surface area contributed by atoms with Crippen molar-refractivity contribution in [3.8, 4) is 11.5 Å². The second-order valence-corrected chi connectivity index (χ2v) is 7.86. The summed E-state index contributed by atoms with van der Waals surface area (Å²) >= 11 is 0. The summed E-state index contributed by atoms with van der Waals surface area (Å²) in [6.45, 7) is 3.76. The van der Waals surface area contributed by atoms with Crippen LogP contribution in [0.1, 0.15) is 31.4 Å². The van der Waals surface area contributed by atoms with Gasteiger partial charge in [0.1, 0.15) is 23.6 Å². The molecule has 0 saturated heterocycles. The molecule has 2 aromatic rings. The largest absolute Gasteiger partial charge is 0.508 e. The maximum Gasteiger partial charge on any atom is 0.326 e. The predicted molar refractivity (Wildman–Crippen MR) is 115 cm³/mol. The molecule has 0 aliphatic rings. The Morgan fingerprint density at radius 1 is 0.774 bits per heavy atom. The van der Waals surface area contributed by atoms with Crippen LogP contribution in [0.4, 0.5) is 0 Å². The molecular weight excluding hydrogens is 400 g/mol. The fraction of sp³-hybridized carbons (Fsp3) is 0.348. The summed E-state index contributed by atoms with van der Waals surface area (Å²) in [7, 11) is 0. The van der Waals surface area contributed by atoms with Gasteiger partial charge in [0.15, 0.2) is 0 Å². The molecule has 0 aliphatic carbocycles. The van der Waals surface area contributed by atoms with E-state index < -0.39 is 24.0 Å². The van der Waals surface area contributed by atoms with E-state index in [1.165, 1.54) is 24.3 Å². The van der Waals surface area contributed by atoms with Crippen molar-refractivity contribution in [2.45, 2.75) is 45.2 Å². The first kappa shape index (κ1) is 23.7. The van der Waals surface area contributed by atoms with Crippen molar-refractivity contribution >= 4 is 17.8 Å². The van der Waals surface area contributed by atoms with Crippen LogP contribution in [-0.2, 0) is 27.2 Å². The SMILES string of the molecule is CC(C)CC(=O)N[C@@H](Cc1ccc(O)cc1)C(=O)N[C@@H](Cc1ccc(O)cc1)C(=O)O. The summed E-state index contributed by atoms with van der Waals surface area (Å²) in [5.41, 5.74) is 1.33. The molecule has 8 heteroatoms. The third-order valence-electron chi connectivity index (χ3n) is 4.61. The molecule has 0 aromatic heterocycles. The number of phenolic OH excluding ortho intramolecular Hbond substituents is 2. The molecular formula is C23H28N2O6. The van der Waals surface area contributed by atoms with Gasteiger partial charge in [0.25, 0.3) is 0 Å². The minimum atomic E-state index is -1.21. The van der Waals surface area contributed by atoms with E-state index in [4.69, 9.17) is 0 Å². The van der Waals surface area contributed by atoms with Crippen LogP contribution in [0, 0.1) is 5.92 Å². The molecule has 166 valence electrons. The normalized spacial score (nSPS) is 12.7. The van der Waals surface area contributed by atoms with Gasteiger partial charge in [-0.25, -0.2) is 4.79 Å². The van der Waals surface area contributed by atoms with E-state index in [1.54, 1.807) is 24.3 Å². The summed E-state index contributed by atoms with van der Waals surface area (Å²) in [6, 6.07) is 10.1. The highest BCUT2D eigenvalue weighted by Crippen LogP contribution is 2.14. The van der Waals surface area contributed by atoms with E-state index in [0.29, 0.717) is 11.1 Å². The minimum Gasteiger partial charge on any atom is -0.508 e. The summed E-state index contributed by atoms with van der Waals surface area (Å²) in [6.07, 6.45) is 0.393. The number of amides is 2. The van der Waals surface area contributed by atoms with Gasteiger partial charge in [0.05, 0.1) is 0 Å². The van der Waals surface area contributed by atoms with Gasteiger partial charge < -0.3 is 26.0 Å². The standard InChI is InChI=1S/C23H28N2O6/c1-14(2)11-21(28)24-19(12-15-3-7-17(26)8-4-15)22(29)25-20(23(30)31)13-16-5-9-18(27)10-6-16/h3-10,14,19-20,26-27H,11-13H2,1-2H3,(H,24,28)(H,25,29)(H,30,31)/t19-,20-/m0/s1. The molecule has 5 N–H and O–H groups in total. The molecule has 2 aromatic carbocycles. The Morgan fingerprint density at radius 2 is 1.23 bits per heavy atom. The van der Waals surface area contributed by atoms with Crippen LogP contribution in [-0.4, -0.2) is 45.2 Å². The Balaban J connectivity index is 2.15. The summed E-state index contributed by atoms with van der Waals surface area (Å²) in [5, 5.41) is 33.6. The van der Waals surface area contributed by atoms with Crippen LogP contribution >= 0.6 is 0 Å². The van der Waals surface area contributed by atoms with Crippen LogP contribution in [0.25, 0.3) is 0 Å². The lowest BCUT2D eigenvalue weighted by molar-refractivity contribution is -0.142. The number of carboxylic acid groups (broad SMARTS) is 1. The van der Waals surface area contributed by atoms with Gasteiger partial charge in [-0.2, -0.15) is 0 Å². The zero-order chi connectivity index (χ0) is 23.0. The quantitative estimate of drug-likeness (QED) is 0.393. The monoisotopic (exact) mass is 428 g/mol. The molecule has 0 spiro atoms. The van der Waals surface area contributed by atoms with E-state index in [-0.39, 0.29) is 42.6 Å². The molecule has 8 nitrogen and oxygen atoms in total. The number of nitrogens with one attached hydrogen (secondary N) is 2. The van der Waals surface area contributed by atoms with Crippen LogP contribution in [0.15, 0.2) is 48.5 Å². The predicted octanol–water partition coefficient (Wildman–Crippen LogP) is 1.98. The first-order valence-corrected chi connectivity index (χ1v) is 10.0. The van der Waals surface area contributed by atoms with Crippen molar-refractivity contribution in [2.75, 3.05) is 0 Å². The third kappa shape index (κ3) is 8.00. The lowest BCUT2D eigenvalue weighted by Gasteiger charge is -2.22. The number of carboxylic acids is 1. The Morgan fingerprint density at radius 3 is 1.65 bits per heavy atom. The van der Waals surface area contributed by atoms with Crippen molar-refractivity contribution in [3.63, 3.8) is 0 Å². The average molecular weight is 428 g/mol. The van der Waals surface area contributed by atoms with E-state index in [0.717, 1.165) is 0 Å². The number of benzene rings is 2. The highest BCUT2D eigenvalue weighted by atomic mass is 16.4. The molecule has 31 heavy (non-hydrogen) atoms. The van der Waals surface area contributed by atoms with E-state index in [1.807, 2.05) is 13.8 Å². The zero-order valence-electron chi connectivity index (χ0n) is 17.5. The van der Waals surface area contributed by atoms with Gasteiger partial charge in [-0.1, -0.05) is 38.1 Å². The van der Waals surface area contributed by atoms with Crippen molar-refractivity contribution in [2.24, 2.45) is 5.92 Å². The topological polar surface area (TPSA) is 136 Å². The minimum absolute atomic E-state index is 0.0211. The van der Waals surface area contributed by atoms with Gasteiger partial charge in [0, 0.05) is 19.3 Å². The third-order valence-corrected chi connectivity index (χ3v) is 4.61. The molecule has 0 heterocycles. The van der Waals surface area contributed by atoms with Gasteiger partial charge in [0.2, 0.25) is 11.8 Å². The van der Waals surface area contributed by atoms with Crippen molar-refractivity contribution in [1.29, 1.82) is 0 Å². The first-order valence-electron chi connectivity index (χ1n) is 10.0. The second-order valence-electron chi connectivity index (χ2n) is 7.86. The number of carbonyl (C=O) groups is 3. The number of aromatic hydroxyl groups is 2. The molecule has 0 unspecified atom stereocenters. The molecule has 2 amide bonds. The number of carbonyl (C=O) groups excluding carboxylic acids is 2. The molecule has 0 bridgehead atoms. The maximum atomic E-state index is 12.9. The molecule has 0 aliphatic heterocycles. The number of hydrogen-bond acceptors (Lipinski definition) is 5. The molecule has 2 rings (SSSR count). The Labute approximate surface area is 180 Å². The number of hydrogen-bond donors (Lipinski definition) is 5. The second kappa shape index (κ2) is 11.0.